The fourth-order valence-corrected chi connectivity index (χ4v) is 2.77. The van der Waals surface area contributed by atoms with E-state index < -0.39 is 0 Å². The molecule has 1 N–H and O–H groups in total. The lowest BCUT2D eigenvalue weighted by molar-refractivity contribution is -0.117. The molecule has 0 spiro atoms. The van der Waals surface area contributed by atoms with Crippen molar-refractivity contribution in [1.29, 1.82) is 0 Å². The Morgan fingerprint density at radius 3 is 2.95 bits per heavy atom. The van der Waals surface area contributed by atoms with Gasteiger partial charge in [-0.2, -0.15) is 5.10 Å². The van der Waals surface area contributed by atoms with Crippen molar-refractivity contribution in [2.45, 2.75) is 25.7 Å². The number of hydrogen-bond acceptors (Lipinski definition) is 2. The molecule has 0 aliphatic heterocycles. The van der Waals surface area contributed by atoms with Crippen molar-refractivity contribution in [1.82, 2.24) is 9.78 Å². The molecule has 0 saturated carbocycles. The van der Waals surface area contributed by atoms with Gasteiger partial charge in [0.1, 0.15) is 0 Å². The maximum absolute atomic E-state index is 12.4. The summed E-state index contributed by atoms with van der Waals surface area (Å²) in [6.45, 7) is 1.90. The van der Waals surface area contributed by atoms with Crippen molar-refractivity contribution in [3.05, 3.63) is 47.3 Å². The molecule has 2 aromatic rings. The normalized spacial score (nSPS) is 17.3. The Kier molecular flexibility index (Phi) is 2.85. The molecule has 98 valence electrons. The lowest BCUT2D eigenvalue weighted by atomic mass is 10.0. The zero-order valence-corrected chi connectivity index (χ0v) is 11.2. The highest BCUT2D eigenvalue weighted by Gasteiger charge is 2.28. The number of carbonyl (C=O) groups excluding carboxylic acids is 1. The van der Waals surface area contributed by atoms with Crippen LogP contribution in [0.4, 0.5) is 5.69 Å². The van der Waals surface area contributed by atoms with E-state index >= 15 is 0 Å². The van der Waals surface area contributed by atoms with Gasteiger partial charge in [0.2, 0.25) is 5.91 Å². The number of hydrogen-bond donors (Lipinski definition) is 1. The Balaban J connectivity index is 1.81. The van der Waals surface area contributed by atoms with Gasteiger partial charge in [0.25, 0.3) is 0 Å². The van der Waals surface area contributed by atoms with Crippen LogP contribution in [0.15, 0.2) is 30.5 Å². The molecule has 0 radical (unpaired) electrons. The summed E-state index contributed by atoms with van der Waals surface area (Å²) in [7, 11) is 1.85. The Bertz CT molecular complexity index is 630. The quantitative estimate of drug-likeness (QED) is 0.895. The standard InChI is InChI=1S/C15H17N3O/c1-10-14(9-18(2)17-10)16-15(19)13-8-7-11-5-3-4-6-12(11)13/h3-6,9,13H,7-8H2,1-2H3,(H,16,19). The predicted molar refractivity (Wildman–Crippen MR) is 74.1 cm³/mol. The Morgan fingerprint density at radius 1 is 1.42 bits per heavy atom. The third-order valence-electron chi connectivity index (χ3n) is 3.72. The van der Waals surface area contributed by atoms with Crippen LogP contribution in [0.3, 0.4) is 0 Å². The van der Waals surface area contributed by atoms with E-state index in [9.17, 15) is 4.79 Å². The summed E-state index contributed by atoms with van der Waals surface area (Å²) in [5, 5.41) is 7.23. The van der Waals surface area contributed by atoms with Crippen LogP contribution in [0.25, 0.3) is 0 Å². The monoisotopic (exact) mass is 255 g/mol. The van der Waals surface area contributed by atoms with Crippen molar-refractivity contribution < 1.29 is 4.79 Å². The molecule has 1 unspecified atom stereocenters. The molecule has 0 bridgehead atoms. The Morgan fingerprint density at radius 2 is 2.21 bits per heavy atom. The van der Waals surface area contributed by atoms with Crippen LogP contribution >= 0.6 is 0 Å². The number of anilines is 1. The second kappa shape index (κ2) is 4.53. The van der Waals surface area contributed by atoms with Crippen LogP contribution in [-0.4, -0.2) is 15.7 Å². The topological polar surface area (TPSA) is 46.9 Å². The Hall–Kier alpha value is -2.10. The molecular formula is C15H17N3O. The summed E-state index contributed by atoms with van der Waals surface area (Å²) in [4.78, 5) is 12.4. The molecule has 1 aromatic heterocycles. The van der Waals surface area contributed by atoms with Crippen LogP contribution in [0.1, 0.15) is 29.2 Å². The zero-order chi connectivity index (χ0) is 13.4. The molecule has 1 amide bonds. The first-order valence-corrected chi connectivity index (χ1v) is 6.54. The molecule has 1 aromatic carbocycles. The molecule has 1 atom stereocenters. The average molecular weight is 255 g/mol. The molecular weight excluding hydrogens is 238 g/mol. The lowest BCUT2D eigenvalue weighted by Crippen LogP contribution is -2.19. The van der Waals surface area contributed by atoms with Crippen molar-refractivity contribution in [3.8, 4) is 0 Å². The van der Waals surface area contributed by atoms with Gasteiger partial charge >= 0.3 is 0 Å². The van der Waals surface area contributed by atoms with E-state index in [4.69, 9.17) is 0 Å². The highest BCUT2D eigenvalue weighted by Crippen LogP contribution is 2.33. The van der Waals surface area contributed by atoms with E-state index in [2.05, 4.69) is 22.5 Å². The van der Waals surface area contributed by atoms with E-state index in [1.165, 1.54) is 11.1 Å². The summed E-state index contributed by atoms with van der Waals surface area (Å²) < 4.78 is 1.72. The summed E-state index contributed by atoms with van der Waals surface area (Å²) in [6.07, 6.45) is 3.72. The highest BCUT2D eigenvalue weighted by molar-refractivity contribution is 5.96. The maximum atomic E-state index is 12.4. The fraction of sp³-hybridized carbons (Fsp3) is 0.333. The summed E-state index contributed by atoms with van der Waals surface area (Å²) in [5.41, 5.74) is 4.12. The van der Waals surface area contributed by atoms with E-state index in [0.717, 1.165) is 24.2 Å². The van der Waals surface area contributed by atoms with Crippen molar-refractivity contribution in [3.63, 3.8) is 0 Å². The number of nitrogens with zero attached hydrogens (tertiary/aromatic N) is 2. The Labute approximate surface area is 112 Å². The van der Waals surface area contributed by atoms with Crippen molar-refractivity contribution in [2.75, 3.05) is 5.32 Å². The van der Waals surface area contributed by atoms with Gasteiger partial charge in [-0.25, -0.2) is 0 Å². The van der Waals surface area contributed by atoms with Crippen LogP contribution in [0, 0.1) is 6.92 Å². The number of nitrogens with one attached hydrogen (secondary N) is 1. The van der Waals surface area contributed by atoms with Crippen LogP contribution in [0.5, 0.6) is 0 Å². The van der Waals surface area contributed by atoms with E-state index in [1.807, 2.05) is 32.3 Å². The predicted octanol–water partition coefficient (Wildman–Crippen LogP) is 2.40. The minimum atomic E-state index is -0.0317. The van der Waals surface area contributed by atoms with Gasteiger partial charge in [-0.05, 0) is 30.9 Å². The minimum Gasteiger partial charge on any atom is -0.323 e. The van der Waals surface area contributed by atoms with Crippen LogP contribution in [0.2, 0.25) is 0 Å². The molecule has 1 aliphatic rings. The first-order valence-electron chi connectivity index (χ1n) is 6.54. The van der Waals surface area contributed by atoms with Gasteiger partial charge in [-0.1, -0.05) is 24.3 Å². The zero-order valence-electron chi connectivity index (χ0n) is 11.2. The second-order valence-corrected chi connectivity index (χ2v) is 5.08. The number of aromatic nitrogens is 2. The van der Waals surface area contributed by atoms with Crippen LogP contribution < -0.4 is 5.32 Å². The number of benzene rings is 1. The number of amides is 1. The smallest absolute Gasteiger partial charge is 0.232 e. The molecule has 3 rings (SSSR count). The maximum Gasteiger partial charge on any atom is 0.232 e. The number of aryl methyl sites for hydroxylation is 3. The van der Waals surface area contributed by atoms with E-state index in [1.54, 1.807) is 4.68 Å². The number of carbonyl (C=O) groups is 1. The molecule has 19 heavy (non-hydrogen) atoms. The van der Waals surface area contributed by atoms with E-state index in [0.29, 0.717) is 0 Å². The average Bonchev–Trinajstić information content (AvgIpc) is 2.93. The van der Waals surface area contributed by atoms with Crippen molar-refractivity contribution in [2.24, 2.45) is 7.05 Å². The summed E-state index contributed by atoms with van der Waals surface area (Å²) in [6, 6.07) is 8.20. The number of rotatable bonds is 2. The van der Waals surface area contributed by atoms with Gasteiger partial charge in [0.15, 0.2) is 0 Å². The third-order valence-corrected chi connectivity index (χ3v) is 3.72. The highest BCUT2D eigenvalue weighted by atomic mass is 16.1. The van der Waals surface area contributed by atoms with Gasteiger partial charge in [-0.3, -0.25) is 9.48 Å². The largest absolute Gasteiger partial charge is 0.323 e. The second-order valence-electron chi connectivity index (χ2n) is 5.08. The van der Waals surface area contributed by atoms with E-state index in [-0.39, 0.29) is 11.8 Å². The molecule has 1 aliphatic carbocycles. The van der Waals surface area contributed by atoms with Gasteiger partial charge < -0.3 is 5.32 Å². The van der Waals surface area contributed by atoms with Gasteiger partial charge in [0.05, 0.1) is 17.3 Å². The first-order chi connectivity index (χ1) is 9.15. The fourth-order valence-electron chi connectivity index (χ4n) is 2.77. The molecule has 0 fully saturated rings. The minimum absolute atomic E-state index is 0.0317. The third kappa shape index (κ3) is 2.14. The van der Waals surface area contributed by atoms with Crippen LogP contribution in [-0.2, 0) is 18.3 Å². The molecule has 0 saturated heterocycles. The summed E-state index contributed by atoms with van der Waals surface area (Å²) in [5.74, 6) is 0.0388. The lowest BCUT2D eigenvalue weighted by Gasteiger charge is -2.11. The van der Waals surface area contributed by atoms with Gasteiger partial charge in [-0.15, -0.1) is 0 Å². The molecule has 1 heterocycles. The SMILES string of the molecule is Cc1nn(C)cc1NC(=O)C1CCc2ccccc21. The van der Waals surface area contributed by atoms with Crippen molar-refractivity contribution >= 4 is 11.6 Å². The first kappa shape index (κ1) is 12.0. The number of fused-ring (bicyclic) bond motifs is 1. The van der Waals surface area contributed by atoms with Gasteiger partial charge in [0, 0.05) is 13.2 Å². The molecule has 4 nitrogen and oxygen atoms in total. The summed E-state index contributed by atoms with van der Waals surface area (Å²) >= 11 is 0. The molecule has 4 heteroatoms.